The number of nitrogens with one attached hydrogen (secondary N) is 7. The first kappa shape index (κ1) is 67.1. The Labute approximate surface area is 477 Å². The molecule has 4 aromatic rings. The highest BCUT2D eigenvalue weighted by Gasteiger charge is 2.25. The van der Waals surface area contributed by atoms with Crippen LogP contribution >= 0.6 is 0 Å². The molecule has 79 heavy (non-hydrogen) atoms. The fraction of sp³-hybridized carbons (Fsp3) is 0.567. The number of anilines is 2. The molecule has 12 nitrogen and oxygen atoms in total. The minimum atomic E-state index is -0.239. The molecular weight excluding hydrogens is 983 g/mol. The van der Waals surface area contributed by atoms with Gasteiger partial charge in [0, 0.05) is 62.9 Å². The number of carbonyl (C=O) groups excluding carboxylic acids is 5. The predicted octanol–water partition coefficient (Wildman–Crippen LogP) is 16.7. The number of hydrogen-bond acceptors (Lipinski definition) is 5. The van der Waals surface area contributed by atoms with Crippen molar-refractivity contribution in [1.29, 1.82) is 0 Å². The fourth-order valence-corrected chi connectivity index (χ4v) is 9.78. The van der Waals surface area contributed by atoms with Crippen LogP contribution in [-0.4, -0.2) is 48.9 Å². The van der Waals surface area contributed by atoms with E-state index in [9.17, 15) is 24.0 Å². The molecule has 2 atom stereocenters. The van der Waals surface area contributed by atoms with Gasteiger partial charge in [0.1, 0.15) is 5.78 Å². The summed E-state index contributed by atoms with van der Waals surface area (Å²) in [7, 11) is 0. The molecule has 1 fully saturated rings. The van der Waals surface area contributed by atoms with Crippen LogP contribution in [0, 0.1) is 5.92 Å². The van der Waals surface area contributed by atoms with E-state index in [-0.39, 0.29) is 24.0 Å². The zero-order valence-electron chi connectivity index (χ0n) is 48.8. The molecule has 0 radical (unpaired) electrons. The molecule has 2 unspecified atom stereocenters. The largest absolute Gasteiger partial charge is 0.353 e. The highest BCUT2D eigenvalue weighted by atomic mass is 16.2. The molecule has 4 aromatic carbocycles. The van der Waals surface area contributed by atoms with E-state index in [0.29, 0.717) is 56.8 Å². The molecule has 436 valence electrons. The molecule has 0 saturated heterocycles. The molecule has 0 heterocycles. The van der Waals surface area contributed by atoms with Crippen molar-refractivity contribution in [3.8, 4) is 0 Å². The van der Waals surface area contributed by atoms with Crippen molar-refractivity contribution in [3.63, 3.8) is 0 Å². The average molecular weight is 1090 g/mol. The summed E-state index contributed by atoms with van der Waals surface area (Å²) in [4.78, 5) is 59.9. The van der Waals surface area contributed by atoms with E-state index < -0.39 is 0 Å². The molecular formula is C67H103N7O5. The van der Waals surface area contributed by atoms with Crippen LogP contribution in [0.4, 0.5) is 25.8 Å². The first-order valence-electron chi connectivity index (χ1n) is 30.8. The number of Topliss-reactive ketones (excluding diaryl/α,β-unsaturated/α-hetero) is 1. The normalized spacial score (nSPS) is 13.5. The summed E-state index contributed by atoms with van der Waals surface area (Å²) >= 11 is 0. The van der Waals surface area contributed by atoms with E-state index in [4.69, 9.17) is 0 Å². The lowest BCUT2D eigenvalue weighted by Gasteiger charge is -2.29. The molecule has 0 aromatic heterocycles. The van der Waals surface area contributed by atoms with Crippen LogP contribution in [0.1, 0.15) is 218 Å². The van der Waals surface area contributed by atoms with Crippen molar-refractivity contribution in [2.24, 2.45) is 5.92 Å². The molecule has 1 aliphatic carbocycles. The van der Waals surface area contributed by atoms with Crippen LogP contribution in [0.5, 0.6) is 0 Å². The van der Waals surface area contributed by atoms with Crippen LogP contribution < -0.4 is 37.2 Å². The van der Waals surface area contributed by atoms with Gasteiger partial charge in [-0.3, -0.25) is 9.59 Å². The van der Waals surface area contributed by atoms with Gasteiger partial charge in [0.05, 0.1) is 0 Å². The summed E-state index contributed by atoms with van der Waals surface area (Å²) < 4.78 is 0. The molecule has 5 rings (SSSR count). The molecule has 7 amide bonds. The zero-order chi connectivity index (χ0) is 56.5. The zero-order valence-corrected chi connectivity index (χ0v) is 48.8. The van der Waals surface area contributed by atoms with Crippen molar-refractivity contribution < 1.29 is 24.0 Å². The van der Waals surface area contributed by atoms with E-state index in [1.807, 2.05) is 121 Å². The van der Waals surface area contributed by atoms with Crippen molar-refractivity contribution in [2.45, 2.75) is 226 Å². The van der Waals surface area contributed by atoms with Crippen molar-refractivity contribution in [3.05, 3.63) is 132 Å². The van der Waals surface area contributed by atoms with Crippen molar-refractivity contribution >= 4 is 41.2 Å². The van der Waals surface area contributed by atoms with E-state index in [1.54, 1.807) is 0 Å². The van der Waals surface area contributed by atoms with Gasteiger partial charge >= 0.3 is 18.1 Å². The Morgan fingerprint density at radius 3 is 1.20 bits per heavy atom. The molecule has 12 heteroatoms. The van der Waals surface area contributed by atoms with Gasteiger partial charge in [-0.15, -0.1) is 0 Å². The van der Waals surface area contributed by atoms with Gasteiger partial charge in [0.25, 0.3) is 0 Å². The Morgan fingerprint density at radius 2 is 0.785 bits per heavy atom. The van der Waals surface area contributed by atoms with Crippen LogP contribution in [0.15, 0.2) is 121 Å². The number of ketones is 1. The lowest BCUT2D eigenvalue weighted by atomic mass is 9.82. The predicted molar refractivity (Wildman–Crippen MR) is 329 cm³/mol. The van der Waals surface area contributed by atoms with Gasteiger partial charge in [-0.2, -0.15) is 0 Å². The quantitative estimate of drug-likeness (QED) is 0.0223. The van der Waals surface area contributed by atoms with Crippen LogP contribution in [0.25, 0.3) is 0 Å². The Balaban J connectivity index is 0.000000340. The standard InChI is InChI=1S/C35H67NO2.C19H24N4O2.C13H12N2O/c1-3-5-7-9-11-13-15-17-19-21-23-28-34(37)31-32-26-25-27-33(30-32)36-35(38)29-24-22-20-18-16-14-12-10-8-6-4-2;24-18(22-14-16-8-3-1-4-9-16)20-12-7-13-21-19(25)23-15-17-10-5-2-6-11-17;16-13(14-11-7-3-1-4-8-11)15-12-9-5-2-6-10-12/h32-33H,3-31H2,1-2H3,(H,36,38);1-6,8-11H,7,12-15H2,(H2,20,22,24)(H2,21,23,25);1-10H,(H2,14,15,16). The second-order valence-electron chi connectivity index (χ2n) is 21.5. The number of amides is 7. The summed E-state index contributed by atoms with van der Waals surface area (Å²) in [6.07, 6.45) is 36.4. The van der Waals surface area contributed by atoms with Gasteiger partial charge in [0.2, 0.25) is 5.91 Å². The molecule has 7 N–H and O–H groups in total. The van der Waals surface area contributed by atoms with Crippen molar-refractivity contribution in [2.75, 3.05) is 23.7 Å². The summed E-state index contributed by atoms with van der Waals surface area (Å²) in [5.41, 5.74) is 3.65. The highest BCUT2D eigenvalue weighted by Crippen LogP contribution is 2.28. The number of urea groups is 3. The Kier molecular flexibility index (Phi) is 39.7. The molecule has 0 bridgehead atoms. The average Bonchev–Trinajstić information content (AvgIpc) is 3.46. The third kappa shape index (κ3) is 38.1. The maximum atomic E-state index is 12.5. The maximum absolute atomic E-state index is 12.5. The summed E-state index contributed by atoms with van der Waals surface area (Å²) in [6, 6.07) is 37.7. The van der Waals surface area contributed by atoms with E-state index in [0.717, 1.165) is 73.9 Å². The minimum Gasteiger partial charge on any atom is -0.353 e. The van der Waals surface area contributed by atoms with E-state index in [2.05, 4.69) is 51.1 Å². The van der Waals surface area contributed by atoms with Crippen LogP contribution in [0.2, 0.25) is 0 Å². The fourth-order valence-electron chi connectivity index (χ4n) is 9.78. The first-order chi connectivity index (χ1) is 38.7. The number of carbonyl (C=O) groups is 5. The van der Waals surface area contributed by atoms with Crippen LogP contribution in [0.3, 0.4) is 0 Å². The Hall–Kier alpha value is -6.17. The van der Waals surface area contributed by atoms with Crippen molar-refractivity contribution in [1.82, 2.24) is 26.6 Å². The number of rotatable bonds is 37. The van der Waals surface area contributed by atoms with E-state index >= 15 is 0 Å². The third-order valence-electron chi connectivity index (χ3n) is 14.3. The lowest BCUT2D eigenvalue weighted by molar-refractivity contribution is -0.122. The number of hydrogen-bond donors (Lipinski definition) is 7. The molecule has 0 aliphatic heterocycles. The number of unbranched alkanes of at least 4 members (excludes halogenated alkanes) is 20. The molecule has 1 saturated carbocycles. The van der Waals surface area contributed by atoms with Gasteiger partial charge in [0.15, 0.2) is 0 Å². The van der Waals surface area contributed by atoms with Gasteiger partial charge in [-0.25, -0.2) is 14.4 Å². The number of para-hydroxylation sites is 2. The molecule has 1 aliphatic rings. The van der Waals surface area contributed by atoms with Gasteiger partial charge in [-0.1, -0.05) is 246 Å². The summed E-state index contributed by atoms with van der Waals surface area (Å²) in [5, 5.41) is 19.9. The highest BCUT2D eigenvalue weighted by molar-refractivity contribution is 5.99. The Bertz CT molecular complexity index is 1980. The number of benzene rings is 4. The monoisotopic (exact) mass is 1090 g/mol. The second-order valence-corrected chi connectivity index (χ2v) is 21.5. The maximum Gasteiger partial charge on any atom is 0.323 e. The summed E-state index contributed by atoms with van der Waals surface area (Å²) in [6.45, 7) is 6.53. The minimum absolute atomic E-state index is 0.211. The topological polar surface area (TPSA) is 170 Å². The Morgan fingerprint density at radius 1 is 0.405 bits per heavy atom. The smallest absolute Gasteiger partial charge is 0.323 e. The van der Waals surface area contributed by atoms with Gasteiger partial charge in [-0.05, 0) is 79.8 Å². The van der Waals surface area contributed by atoms with Gasteiger partial charge < -0.3 is 37.2 Å². The summed E-state index contributed by atoms with van der Waals surface area (Å²) in [5.74, 6) is 1.17. The lowest BCUT2D eigenvalue weighted by Crippen LogP contribution is -2.38. The SMILES string of the molecule is CCCCCCCCCCCCCC(=O)CC1CCCC(NC(=O)CCCCCCCCCCCCC)C1.O=C(NCCCNC(=O)NCc1ccccc1)NCc1ccccc1.O=C(Nc1ccccc1)Nc1ccccc1. The van der Waals surface area contributed by atoms with Crippen LogP contribution in [-0.2, 0) is 22.7 Å². The first-order valence-corrected chi connectivity index (χ1v) is 30.8. The second kappa shape index (κ2) is 46.7. The molecule has 0 spiro atoms. The third-order valence-corrected chi connectivity index (χ3v) is 14.3. The van der Waals surface area contributed by atoms with E-state index in [1.165, 1.54) is 128 Å².